The van der Waals surface area contributed by atoms with Gasteiger partial charge in [-0.2, -0.15) is 0 Å². The molecule has 2 aromatic rings. The molecule has 5 heteroatoms. The molecule has 0 radical (unpaired) electrons. The van der Waals surface area contributed by atoms with Crippen LogP contribution in [-0.2, 0) is 6.42 Å². The number of amides is 1. The van der Waals surface area contributed by atoms with Crippen molar-refractivity contribution in [1.82, 2.24) is 0 Å². The van der Waals surface area contributed by atoms with Gasteiger partial charge in [0.25, 0.3) is 5.91 Å². The van der Waals surface area contributed by atoms with Crippen LogP contribution in [0.2, 0.25) is 10.0 Å². The van der Waals surface area contributed by atoms with Crippen LogP contribution in [0.1, 0.15) is 21.5 Å². The molecule has 0 saturated carbocycles. The van der Waals surface area contributed by atoms with Crippen molar-refractivity contribution >= 4 is 40.5 Å². The Kier molecular flexibility index (Phi) is 3.56. The first-order chi connectivity index (χ1) is 9.99. The SMILES string of the molecule is Cc1cc2c(cc1N)N(C(=O)c1c(Cl)cccc1Cl)CC2. The lowest BCUT2D eigenvalue weighted by Crippen LogP contribution is -2.29. The molecule has 21 heavy (non-hydrogen) atoms. The van der Waals surface area contributed by atoms with Crippen LogP contribution >= 0.6 is 23.2 Å². The van der Waals surface area contributed by atoms with Crippen molar-refractivity contribution in [1.29, 1.82) is 0 Å². The minimum absolute atomic E-state index is 0.187. The number of nitrogens with zero attached hydrogens (tertiary/aromatic N) is 1. The maximum Gasteiger partial charge on any atom is 0.261 e. The molecule has 0 unspecified atom stereocenters. The summed E-state index contributed by atoms with van der Waals surface area (Å²) in [7, 11) is 0. The lowest BCUT2D eigenvalue weighted by molar-refractivity contribution is 0.0989. The highest BCUT2D eigenvalue weighted by atomic mass is 35.5. The van der Waals surface area contributed by atoms with E-state index in [1.807, 2.05) is 19.1 Å². The van der Waals surface area contributed by atoms with Crippen LogP contribution in [0, 0.1) is 6.92 Å². The van der Waals surface area contributed by atoms with Crippen LogP contribution < -0.4 is 10.6 Å². The zero-order chi connectivity index (χ0) is 15.1. The first-order valence-corrected chi connectivity index (χ1v) is 7.39. The summed E-state index contributed by atoms with van der Waals surface area (Å²) < 4.78 is 0. The second-order valence-corrected chi connectivity index (χ2v) is 5.96. The second-order valence-electron chi connectivity index (χ2n) is 5.14. The summed E-state index contributed by atoms with van der Waals surface area (Å²) in [5, 5.41) is 0.724. The normalized spacial score (nSPS) is 13.4. The number of benzene rings is 2. The molecule has 0 bridgehead atoms. The van der Waals surface area contributed by atoms with Crippen LogP contribution in [-0.4, -0.2) is 12.5 Å². The lowest BCUT2D eigenvalue weighted by atomic mass is 10.1. The molecule has 1 amide bonds. The first kappa shape index (κ1) is 14.2. The van der Waals surface area contributed by atoms with Gasteiger partial charge in [0, 0.05) is 17.9 Å². The number of rotatable bonds is 1. The van der Waals surface area contributed by atoms with Gasteiger partial charge in [-0.1, -0.05) is 35.3 Å². The number of hydrogen-bond donors (Lipinski definition) is 1. The lowest BCUT2D eigenvalue weighted by Gasteiger charge is -2.19. The molecule has 0 aliphatic carbocycles. The first-order valence-electron chi connectivity index (χ1n) is 6.64. The summed E-state index contributed by atoms with van der Waals surface area (Å²) in [5.41, 5.74) is 9.98. The van der Waals surface area contributed by atoms with Crippen molar-refractivity contribution in [2.75, 3.05) is 17.2 Å². The Labute approximate surface area is 133 Å². The molecule has 0 fully saturated rings. The number of halogens is 2. The van der Waals surface area contributed by atoms with E-state index in [-0.39, 0.29) is 5.91 Å². The molecule has 3 rings (SSSR count). The van der Waals surface area contributed by atoms with E-state index in [1.54, 1.807) is 23.1 Å². The van der Waals surface area contributed by atoms with Gasteiger partial charge in [-0.05, 0) is 42.7 Å². The highest BCUT2D eigenvalue weighted by Gasteiger charge is 2.28. The molecular formula is C16H14Cl2N2O. The Balaban J connectivity index is 2.05. The van der Waals surface area contributed by atoms with Crippen LogP contribution in [0.25, 0.3) is 0 Å². The van der Waals surface area contributed by atoms with Gasteiger partial charge in [0.2, 0.25) is 0 Å². The van der Waals surface area contributed by atoms with Gasteiger partial charge in [-0.25, -0.2) is 0 Å². The summed E-state index contributed by atoms with van der Waals surface area (Å²) in [5.74, 6) is -0.187. The molecule has 1 heterocycles. The second kappa shape index (κ2) is 5.24. The maximum absolute atomic E-state index is 12.8. The largest absolute Gasteiger partial charge is 0.398 e. The molecule has 1 aliphatic heterocycles. The number of fused-ring (bicyclic) bond motifs is 1. The molecule has 3 nitrogen and oxygen atoms in total. The van der Waals surface area contributed by atoms with Gasteiger partial charge in [-0.15, -0.1) is 0 Å². The van der Waals surface area contributed by atoms with E-state index >= 15 is 0 Å². The third-order valence-corrected chi connectivity index (χ3v) is 4.41. The zero-order valence-electron chi connectivity index (χ0n) is 11.5. The van der Waals surface area contributed by atoms with Crippen molar-refractivity contribution in [2.45, 2.75) is 13.3 Å². The number of carbonyl (C=O) groups is 1. The third kappa shape index (κ3) is 2.37. The van der Waals surface area contributed by atoms with Crippen LogP contribution in [0.5, 0.6) is 0 Å². The fourth-order valence-corrected chi connectivity index (χ4v) is 3.18. The molecule has 108 valence electrons. The van der Waals surface area contributed by atoms with Crippen molar-refractivity contribution in [3.63, 3.8) is 0 Å². The van der Waals surface area contributed by atoms with Crippen molar-refractivity contribution in [3.8, 4) is 0 Å². The van der Waals surface area contributed by atoms with Crippen LogP contribution in [0.15, 0.2) is 30.3 Å². The molecule has 0 saturated heterocycles. The number of nitrogen functional groups attached to an aromatic ring is 1. The van der Waals surface area contributed by atoms with Gasteiger partial charge in [0.05, 0.1) is 15.6 Å². The molecule has 1 aliphatic rings. The van der Waals surface area contributed by atoms with Gasteiger partial charge in [-0.3, -0.25) is 4.79 Å². The topological polar surface area (TPSA) is 46.3 Å². The zero-order valence-corrected chi connectivity index (χ0v) is 13.0. The summed E-state index contributed by atoms with van der Waals surface area (Å²) in [6.07, 6.45) is 0.810. The number of hydrogen-bond acceptors (Lipinski definition) is 2. The van der Waals surface area contributed by atoms with E-state index in [0.717, 1.165) is 23.2 Å². The summed E-state index contributed by atoms with van der Waals surface area (Å²) >= 11 is 12.3. The molecule has 0 spiro atoms. The van der Waals surface area contributed by atoms with E-state index in [9.17, 15) is 4.79 Å². The predicted molar refractivity (Wildman–Crippen MR) is 87.4 cm³/mol. The fraction of sp³-hybridized carbons (Fsp3) is 0.188. The quantitative estimate of drug-likeness (QED) is 0.804. The summed E-state index contributed by atoms with van der Waals surface area (Å²) in [6, 6.07) is 8.94. The van der Waals surface area contributed by atoms with E-state index in [4.69, 9.17) is 28.9 Å². The van der Waals surface area contributed by atoms with Gasteiger partial charge < -0.3 is 10.6 Å². The van der Waals surface area contributed by atoms with Gasteiger partial charge in [0.1, 0.15) is 0 Å². The molecule has 2 aromatic carbocycles. The van der Waals surface area contributed by atoms with E-state index in [1.165, 1.54) is 0 Å². The van der Waals surface area contributed by atoms with E-state index in [2.05, 4.69) is 0 Å². The van der Waals surface area contributed by atoms with Gasteiger partial charge >= 0.3 is 0 Å². The van der Waals surface area contributed by atoms with Crippen molar-refractivity contribution < 1.29 is 4.79 Å². The fourth-order valence-electron chi connectivity index (χ4n) is 2.62. The minimum Gasteiger partial charge on any atom is -0.398 e. The molecule has 2 N–H and O–H groups in total. The Morgan fingerprint density at radius 2 is 1.90 bits per heavy atom. The third-order valence-electron chi connectivity index (χ3n) is 3.78. The highest BCUT2D eigenvalue weighted by Crippen LogP contribution is 2.35. The molecule has 0 aromatic heterocycles. The van der Waals surface area contributed by atoms with E-state index in [0.29, 0.717) is 27.8 Å². The highest BCUT2D eigenvalue weighted by molar-refractivity contribution is 6.40. The maximum atomic E-state index is 12.8. The minimum atomic E-state index is -0.187. The Bertz CT molecular complexity index is 723. The summed E-state index contributed by atoms with van der Waals surface area (Å²) in [4.78, 5) is 14.5. The average Bonchev–Trinajstić information content (AvgIpc) is 2.81. The van der Waals surface area contributed by atoms with Crippen molar-refractivity contribution in [2.24, 2.45) is 0 Å². The van der Waals surface area contributed by atoms with Crippen molar-refractivity contribution in [3.05, 3.63) is 57.1 Å². The average molecular weight is 321 g/mol. The number of anilines is 2. The number of aryl methyl sites for hydroxylation is 1. The molecular weight excluding hydrogens is 307 g/mol. The monoisotopic (exact) mass is 320 g/mol. The van der Waals surface area contributed by atoms with Gasteiger partial charge in [0.15, 0.2) is 0 Å². The Morgan fingerprint density at radius 1 is 1.24 bits per heavy atom. The number of nitrogens with two attached hydrogens (primary N) is 1. The Hall–Kier alpha value is -1.71. The van der Waals surface area contributed by atoms with Crippen LogP contribution in [0.4, 0.5) is 11.4 Å². The smallest absolute Gasteiger partial charge is 0.261 e. The predicted octanol–water partition coefficient (Wildman–Crippen LogP) is 4.09. The Morgan fingerprint density at radius 3 is 2.57 bits per heavy atom. The molecule has 0 atom stereocenters. The summed E-state index contributed by atoms with van der Waals surface area (Å²) in [6.45, 7) is 2.57. The standard InChI is InChI=1S/C16H14Cl2N2O/c1-9-7-10-5-6-20(14(10)8-13(9)19)16(21)15-11(17)3-2-4-12(15)18/h2-4,7-8H,5-6,19H2,1H3. The number of carbonyl (C=O) groups excluding carboxylic acids is 1. The van der Waals surface area contributed by atoms with E-state index < -0.39 is 0 Å². The van der Waals surface area contributed by atoms with Crippen LogP contribution in [0.3, 0.4) is 0 Å².